The molecule has 3 heterocycles. The van der Waals surface area contributed by atoms with Crippen LogP contribution >= 0.6 is 0 Å². The van der Waals surface area contributed by atoms with Crippen LogP contribution in [0.25, 0.3) is 0 Å². The second kappa shape index (κ2) is 11.8. The molecule has 3 atom stereocenters. The van der Waals surface area contributed by atoms with E-state index in [1.54, 1.807) is 0 Å². The van der Waals surface area contributed by atoms with Gasteiger partial charge in [-0.15, -0.1) is 0 Å². The van der Waals surface area contributed by atoms with Crippen molar-refractivity contribution in [2.24, 2.45) is 17.8 Å². The van der Waals surface area contributed by atoms with Gasteiger partial charge in [-0.3, -0.25) is 9.59 Å². The van der Waals surface area contributed by atoms with Crippen LogP contribution in [0.4, 0.5) is 0 Å². The SMILES string of the molecule is CC(C)C[C@@H]1NCCN([C@@H](CC(C)C)C(=O)N2CCC(CCN3CCC[C@H]3C)CC2)C1=O. The van der Waals surface area contributed by atoms with Crippen LogP contribution in [0.1, 0.15) is 79.6 Å². The van der Waals surface area contributed by atoms with Gasteiger partial charge in [0, 0.05) is 32.2 Å². The van der Waals surface area contributed by atoms with E-state index in [0.29, 0.717) is 18.4 Å². The lowest BCUT2D eigenvalue weighted by atomic mass is 9.91. The van der Waals surface area contributed by atoms with Gasteiger partial charge in [0.1, 0.15) is 6.04 Å². The molecular formula is C26H48N4O2. The number of rotatable bonds is 9. The van der Waals surface area contributed by atoms with E-state index in [1.165, 1.54) is 32.4 Å². The summed E-state index contributed by atoms with van der Waals surface area (Å²) in [6.45, 7) is 16.6. The highest BCUT2D eigenvalue weighted by atomic mass is 16.2. The quantitative estimate of drug-likeness (QED) is 0.588. The third-order valence-electron chi connectivity index (χ3n) is 7.83. The fourth-order valence-electron chi connectivity index (χ4n) is 5.86. The Morgan fingerprint density at radius 2 is 1.75 bits per heavy atom. The van der Waals surface area contributed by atoms with Crippen molar-refractivity contribution in [2.45, 2.75) is 97.7 Å². The maximum absolute atomic E-state index is 13.6. The van der Waals surface area contributed by atoms with E-state index >= 15 is 0 Å². The zero-order valence-corrected chi connectivity index (χ0v) is 21.3. The molecule has 2 amide bonds. The van der Waals surface area contributed by atoms with Gasteiger partial charge in [0.25, 0.3) is 0 Å². The molecular weight excluding hydrogens is 400 g/mol. The molecule has 0 aromatic rings. The fraction of sp³-hybridized carbons (Fsp3) is 0.923. The Labute approximate surface area is 196 Å². The summed E-state index contributed by atoms with van der Waals surface area (Å²) in [5.41, 5.74) is 0. The molecule has 0 aliphatic carbocycles. The van der Waals surface area contributed by atoms with E-state index in [4.69, 9.17) is 0 Å². The van der Waals surface area contributed by atoms with E-state index < -0.39 is 0 Å². The van der Waals surface area contributed by atoms with Gasteiger partial charge in [0.05, 0.1) is 6.04 Å². The highest BCUT2D eigenvalue weighted by molar-refractivity contribution is 5.90. The lowest BCUT2D eigenvalue weighted by Crippen LogP contribution is -2.62. The summed E-state index contributed by atoms with van der Waals surface area (Å²) in [6.07, 6.45) is 7.74. The summed E-state index contributed by atoms with van der Waals surface area (Å²) in [6, 6.07) is 0.288. The number of hydrogen-bond acceptors (Lipinski definition) is 4. The van der Waals surface area contributed by atoms with Crippen LogP contribution in [-0.4, -0.2) is 83.9 Å². The van der Waals surface area contributed by atoms with E-state index in [-0.39, 0.29) is 23.9 Å². The number of amides is 2. The topological polar surface area (TPSA) is 55.9 Å². The second-order valence-corrected chi connectivity index (χ2v) is 11.4. The predicted octanol–water partition coefficient (Wildman–Crippen LogP) is 3.36. The van der Waals surface area contributed by atoms with Crippen molar-refractivity contribution in [3.63, 3.8) is 0 Å². The zero-order chi connectivity index (χ0) is 23.3. The summed E-state index contributed by atoms with van der Waals surface area (Å²) >= 11 is 0. The van der Waals surface area contributed by atoms with Crippen molar-refractivity contribution in [1.29, 1.82) is 0 Å². The fourth-order valence-corrected chi connectivity index (χ4v) is 5.86. The number of likely N-dealkylation sites (tertiary alicyclic amines) is 2. The van der Waals surface area contributed by atoms with Crippen LogP contribution in [0, 0.1) is 17.8 Å². The van der Waals surface area contributed by atoms with Crippen LogP contribution in [0.2, 0.25) is 0 Å². The van der Waals surface area contributed by atoms with Gasteiger partial charge in [0.2, 0.25) is 11.8 Å². The highest BCUT2D eigenvalue weighted by Crippen LogP contribution is 2.26. The molecule has 0 spiro atoms. The van der Waals surface area contributed by atoms with Crippen molar-refractivity contribution in [3.8, 4) is 0 Å². The first kappa shape index (κ1) is 25.5. The van der Waals surface area contributed by atoms with Crippen molar-refractivity contribution >= 4 is 11.8 Å². The molecule has 1 N–H and O–H groups in total. The van der Waals surface area contributed by atoms with E-state index in [1.807, 2.05) is 4.90 Å². The molecule has 3 aliphatic heterocycles. The molecule has 0 aromatic carbocycles. The number of piperazine rings is 1. The molecule has 0 saturated carbocycles. The first-order valence-electron chi connectivity index (χ1n) is 13.3. The Bertz CT molecular complexity index is 615. The Balaban J connectivity index is 1.56. The van der Waals surface area contributed by atoms with E-state index in [0.717, 1.165) is 57.3 Å². The molecule has 0 radical (unpaired) electrons. The maximum Gasteiger partial charge on any atom is 0.245 e. The number of nitrogens with one attached hydrogen (secondary N) is 1. The maximum atomic E-state index is 13.6. The Kier molecular flexibility index (Phi) is 9.42. The van der Waals surface area contributed by atoms with Gasteiger partial charge in [-0.1, -0.05) is 27.7 Å². The van der Waals surface area contributed by atoms with Crippen molar-refractivity contribution in [2.75, 3.05) is 39.3 Å². The molecule has 3 saturated heterocycles. The molecule has 3 rings (SSSR count). The largest absolute Gasteiger partial charge is 0.341 e. The normalized spacial score (nSPS) is 27.0. The van der Waals surface area contributed by atoms with Crippen molar-refractivity contribution in [3.05, 3.63) is 0 Å². The first-order valence-corrected chi connectivity index (χ1v) is 13.3. The summed E-state index contributed by atoms with van der Waals surface area (Å²) < 4.78 is 0. The van der Waals surface area contributed by atoms with Gasteiger partial charge < -0.3 is 20.0 Å². The summed E-state index contributed by atoms with van der Waals surface area (Å²) in [7, 11) is 0. The molecule has 6 nitrogen and oxygen atoms in total. The first-order chi connectivity index (χ1) is 15.3. The monoisotopic (exact) mass is 448 g/mol. The molecule has 6 heteroatoms. The van der Waals surface area contributed by atoms with Crippen LogP contribution in [0.5, 0.6) is 0 Å². The van der Waals surface area contributed by atoms with Crippen molar-refractivity contribution in [1.82, 2.24) is 20.0 Å². The Hall–Kier alpha value is -1.14. The minimum atomic E-state index is -0.304. The van der Waals surface area contributed by atoms with Crippen molar-refractivity contribution < 1.29 is 9.59 Å². The van der Waals surface area contributed by atoms with Gasteiger partial charge in [-0.05, 0) is 82.7 Å². The minimum Gasteiger partial charge on any atom is -0.341 e. The Morgan fingerprint density at radius 3 is 2.34 bits per heavy atom. The highest BCUT2D eigenvalue weighted by Gasteiger charge is 2.39. The second-order valence-electron chi connectivity index (χ2n) is 11.4. The number of piperidine rings is 1. The summed E-state index contributed by atoms with van der Waals surface area (Å²) in [5.74, 6) is 1.88. The van der Waals surface area contributed by atoms with Gasteiger partial charge in [0.15, 0.2) is 0 Å². The molecule has 184 valence electrons. The molecule has 3 fully saturated rings. The average molecular weight is 449 g/mol. The van der Waals surface area contributed by atoms with Gasteiger partial charge in [-0.25, -0.2) is 0 Å². The molecule has 0 bridgehead atoms. The predicted molar refractivity (Wildman–Crippen MR) is 130 cm³/mol. The van der Waals surface area contributed by atoms with Crippen LogP contribution in [0.3, 0.4) is 0 Å². The van der Waals surface area contributed by atoms with Crippen LogP contribution in [-0.2, 0) is 9.59 Å². The number of carbonyl (C=O) groups is 2. The lowest BCUT2D eigenvalue weighted by molar-refractivity contribution is -0.150. The van der Waals surface area contributed by atoms with Crippen LogP contribution < -0.4 is 5.32 Å². The standard InChI is InChI=1S/C26H48N4O2/c1-19(2)17-23-25(31)30(16-11-27-23)24(18-20(3)4)26(32)29-14-9-22(10-15-29)8-13-28-12-6-7-21(28)5/h19-24,27H,6-18H2,1-5H3/t21-,23+,24+/m1/s1. The number of carbonyl (C=O) groups excluding carboxylic acids is 2. The van der Waals surface area contributed by atoms with E-state index in [2.05, 4.69) is 49.7 Å². The molecule has 32 heavy (non-hydrogen) atoms. The Morgan fingerprint density at radius 1 is 1.03 bits per heavy atom. The third kappa shape index (κ3) is 6.69. The third-order valence-corrected chi connectivity index (χ3v) is 7.83. The number of nitrogens with zero attached hydrogens (tertiary/aromatic N) is 3. The van der Waals surface area contributed by atoms with Crippen LogP contribution in [0.15, 0.2) is 0 Å². The molecule has 0 unspecified atom stereocenters. The minimum absolute atomic E-state index is 0.124. The number of hydrogen-bond donors (Lipinski definition) is 1. The lowest BCUT2D eigenvalue weighted by Gasteiger charge is -2.42. The molecule has 3 aliphatic rings. The smallest absolute Gasteiger partial charge is 0.245 e. The summed E-state index contributed by atoms with van der Waals surface area (Å²) in [4.78, 5) is 33.5. The zero-order valence-electron chi connectivity index (χ0n) is 21.3. The van der Waals surface area contributed by atoms with Gasteiger partial charge >= 0.3 is 0 Å². The van der Waals surface area contributed by atoms with E-state index in [9.17, 15) is 9.59 Å². The van der Waals surface area contributed by atoms with Gasteiger partial charge in [-0.2, -0.15) is 0 Å². The average Bonchev–Trinajstić information content (AvgIpc) is 3.16. The summed E-state index contributed by atoms with van der Waals surface area (Å²) in [5, 5.41) is 3.38. The molecule has 0 aromatic heterocycles.